The predicted molar refractivity (Wildman–Crippen MR) is 95.5 cm³/mol. The summed E-state index contributed by atoms with van der Waals surface area (Å²) in [4.78, 5) is 25.1. The van der Waals surface area contributed by atoms with E-state index in [0.29, 0.717) is 10.6 Å². The fraction of sp³-hybridized carbons (Fsp3) is 0.353. The summed E-state index contributed by atoms with van der Waals surface area (Å²) in [7, 11) is 3.19. The van der Waals surface area contributed by atoms with Crippen LogP contribution in [0.15, 0.2) is 6.08 Å². The number of nitrogens with zero attached hydrogens (tertiary/aromatic N) is 2. The van der Waals surface area contributed by atoms with E-state index < -0.39 is 5.97 Å². The van der Waals surface area contributed by atoms with Crippen molar-refractivity contribution in [2.75, 3.05) is 12.4 Å². The molecule has 0 bridgehead atoms. The number of nitrogens with one attached hydrogen (secondary N) is 1. The van der Waals surface area contributed by atoms with Crippen molar-refractivity contribution in [2.45, 2.75) is 27.7 Å². The van der Waals surface area contributed by atoms with Crippen LogP contribution in [0.25, 0.3) is 6.08 Å². The zero-order valence-electron chi connectivity index (χ0n) is 14.7. The normalized spacial score (nSPS) is 11.1. The highest BCUT2D eigenvalue weighted by Crippen LogP contribution is 2.33. The van der Waals surface area contributed by atoms with Gasteiger partial charge in [-0.25, -0.2) is 4.79 Å². The molecular formula is C17H21N3O3S. The van der Waals surface area contributed by atoms with Crippen LogP contribution in [0, 0.1) is 27.7 Å². The Morgan fingerprint density at radius 2 is 1.92 bits per heavy atom. The molecule has 0 saturated carbocycles. The Hall–Kier alpha value is -2.41. The van der Waals surface area contributed by atoms with E-state index in [9.17, 15) is 9.59 Å². The van der Waals surface area contributed by atoms with Gasteiger partial charge in [-0.1, -0.05) is 0 Å². The average Bonchev–Trinajstić information content (AvgIpc) is 2.93. The molecule has 0 fully saturated rings. The summed E-state index contributed by atoms with van der Waals surface area (Å²) < 4.78 is 6.58. The Morgan fingerprint density at radius 1 is 1.25 bits per heavy atom. The first-order valence-corrected chi connectivity index (χ1v) is 8.25. The number of hydrogen-bond acceptors (Lipinski definition) is 5. The van der Waals surface area contributed by atoms with Gasteiger partial charge in [0.05, 0.1) is 18.4 Å². The number of carbonyl (C=O) groups is 2. The maximum atomic E-state index is 12.2. The van der Waals surface area contributed by atoms with Crippen molar-refractivity contribution in [1.82, 2.24) is 9.78 Å². The second kappa shape index (κ2) is 7.00. The largest absolute Gasteiger partial charge is 0.465 e. The molecule has 0 atom stereocenters. The van der Waals surface area contributed by atoms with Gasteiger partial charge in [0, 0.05) is 29.3 Å². The molecule has 0 aromatic carbocycles. The fourth-order valence-electron chi connectivity index (χ4n) is 2.41. The van der Waals surface area contributed by atoms with E-state index >= 15 is 0 Å². The maximum Gasteiger partial charge on any atom is 0.341 e. The Bertz CT molecular complexity index is 831. The fourth-order valence-corrected chi connectivity index (χ4v) is 3.46. The SMILES string of the molecule is COC(=O)c1c(NC(=O)/C=C/c2c(C)nn(C)c2C)sc(C)c1C. The summed E-state index contributed by atoms with van der Waals surface area (Å²) in [6.07, 6.45) is 3.18. The minimum absolute atomic E-state index is 0.302. The lowest BCUT2D eigenvalue weighted by molar-refractivity contribution is -0.111. The van der Waals surface area contributed by atoms with Gasteiger partial charge in [0.2, 0.25) is 5.91 Å². The second-order valence-corrected chi connectivity index (χ2v) is 6.73. The van der Waals surface area contributed by atoms with E-state index in [1.165, 1.54) is 24.5 Å². The Morgan fingerprint density at radius 3 is 2.46 bits per heavy atom. The van der Waals surface area contributed by atoms with Crippen LogP contribution in [0.4, 0.5) is 5.00 Å². The molecular weight excluding hydrogens is 326 g/mol. The van der Waals surface area contributed by atoms with E-state index in [0.717, 1.165) is 27.4 Å². The van der Waals surface area contributed by atoms with Gasteiger partial charge in [-0.3, -0.25) is 9.48 Å². The molecule has 2 rings (SSSR count). The molecule has 1 N–H and O–H groups in total. The van der Waals surface area contributed by atoms with Crippen molar-refractivity contribution in [3.8, 4) is 0 Å². The third kappa shape index (κ3) is 3.41. The van der Waals surface area contributed by atoms with Crippen molar-refractivity contribution in [2.24, 2.45) is 7.05 Å². The molecule has 0 aliphatic heterocycles. The number of rotatable bonds is 4. The van der Waals surface area contributed by atoms with Crippen LogP contribution in [-0.4, -0.2) is 28.8 Å². The number of hydrogen-bond donors (Lipinski definition) is 1. The van der Waals surface area contributed by atoms with Crippen LogP contribution in [0.1, 0.15) is 37.7 Å². The molecule has 0 radical (unpaired) electrons. The van der Waals surface area contributed by atoms with E-state index in [1.54, 1.807) is 10.8 Å². The van der Waals surface area contributed by atoms with E-state index in [-0.39, 0.29) is 5.91 Å². The van der Waals surface area contributed by atoms with Gasteiger partial charge in [0.1, 0.15) is 5.00 Å². The van der Waals surface area contributed by atoms with Crippen LogP contribution in [0.2, 0.25) is 0 Å². The number of amides is 1. The van der Waals surface area contributed by atoms with Crippen molar-refractivity contribution in [3.05, 3.63) is 39.0 Å². The summed E-state index contributed by atoms with van der Waals surface area (Å²) in [5.41, 5.74) is 3.99. The van der Waals surface area contributed by atoms with Crippen LogP contribution in [-0.2, 0) is 16.6 Å². The Kier molecular flexibility index (Phi) is 5.23. The third-order valence-electron chi connectivity index (χ3n) is 3.98. The van der Waals surface area contributed by atoms with Crippen molar-refractivity contribution >= 4 is 34.3 Å². The molecule has 0 spiro atoms. The molecule has 2 aromatic heterocycles. The molecule has 1 amide bonds. The van der Waals surface area contributed by atoms with Crippen molar-refractivity contribution < 1.29 is 14.3 Å². The topological polar surface area (TPSA) is 73.2 Å². The van der Waals surface area contributed by atoms with Crippen molar-refractivity contribution in [3.63, 3.8) is 0 Å². The Labute approximate surface area is 145 Å². The van der Waals surface area contributed by atoms with Gasteiger partial charge in [-0.15, -0.1) is 11.3 Å². The van der Waals surface area contributed by atoms with E-state index in [4.69, 9.17) is 4.74 Å². The number of thiophene rings is 1. The maximum absolute atomic E-state index is 12.2. The molecule has 0 aliphatic carbocycles. The molecule has 128 valence electrons. The molecule has 6 nitrogen and oxygen atoms in total. The van der Waals surface area contributed by atoms with Gasteiger partial charge < -0.3 is 10.1 Å². The van der Waals surface area contributed by atoms with Gasteiger partial charge in [-0.05, 0) is 39.3 Å². The molecule has 0 unspecified atom stereocenters. The number of aromatic nitrogens is 2. The zero-order valence-corrected chi connectivity index (χ0v) is 15.5. The highest BCUT2D eigenvalue weighted by molar-refractivity contribution is 7.16. The highest BCUT2D eigenvalue weighted by atomic mass is 32.1. The van der Waals surface area contributed by atoms with Gasteiger partial charge in [-0.2, -0.15) is 5.10 Å². The first-order chi connectivity index (χ1) is 11.3. The smallest absolute Gasteiger partial charge is 0.341 e. The summed E-state index contributed by atoms with van der Waals surface area (Å²) in [6, 6.07) is 0. The molecule has 24 heavy (non-hydrogen) atoms. The molecule has 7 heteroatoms. The lowest BCUT2D eigenvalue weighted by Crippen LogP contribution is -2.11. The van der Waals surface area contributed by atoms with Crippen LogP contribution < -0.4 is 5.32 Å². The monoisotopic (exact) mass is 347 g/mol. The first-order valence-electron chi connectivity index (χ1n) is 7.43. The van der Waals surface area contributed by atoms with Crippen LogP contribution >= 0.6 is 11.3 Å². The number of anilines is 1. The molecule has 2 heterocycles. The quantitative estimate of drug-likeness (QED) is 0.681. The Balaban J connectivity index is 2.23. The van der Waals surface area contributed by atoms with E-state index in [2.05, 4.69) is 10.4 Å². The van der Waals surface area contributed by atoms with Gasteiger partial charge in [0.15, 0.2) is 0 Å². The number of carbonyl (C=O) groups excluding carboxylic acids is 2. The van der Waals surface area contributed by atoms with Crippen LogP contribution in [0.3, 0.4) is 0 Å². The minimum Gasteiger partial charge on any atom is -0.465 e. The summed E-state index contributed by atoms with van der Waals surface area (Å²) in [5.74, 6) is -0.751. The number of aryl methyl sites for hydroxylation is 3. The lowest BCUT2D eigenvalue weighted by atomic mass is 10.1. The summed E-state index contributed by atoms with van der Waals surface area (Å²) >= 11 is 1.36. The standard InChI is InChI=1S/C17H21N3O3S/c1-9-12(4)24-16(15(9)17(22)23-6)18-14(21)8-7-13-10(2)19-20(5)11(13)3/h7-8H,1-6H3,(H,18,21)/b8-7+. The predicted octanol–water partition coefficient (Wildman–Crippen LogP) is 3.15. The second-order valence-electron chi connectivity index (χ2n) is 5.51. The third-order valence-corrected chi connectivity index (χ3v) is 5.10. The van der Waals surface area contributed by atoms with Crippen molar-refractivity contribution in [1.29, 1.82) is 0 Å². The zero-order chi connectivity index (χ0) is 18.0. The minimum atomic E-state index is -0.449. The average molecular weight is 347 g/mol. The summed E-state index contributed by atoms with van der Waals surface area (Å²) in [6.45, 7) is 7.58. The lowest BCUT2D eigenvalue weighted by Gasteiger charge is -2.04. The number of methoxy groups -OCH3 is 1. The molecule has 2 aromatic rings. The number of ether oxygens (including phenoxy) is 1. The molecule has 0 saturated heterocycles. The summed E-state index contributed by atoms with van der Waals surface area (Å²) in [5, 5.41) is 7.58. The highest BCUT2D eigenvalue weighted by Gasteiger charge is 2.21. The van der Waals surface area contributed by atoms with Gasteiger partial charge in [0.25, 0.3) is 0 Å². The van der Waals surface area contributed by atoms with Crippen LogP contribution in [0.5, 0.6) is 0 Å². The molecule has 0 aliphatic rings. The first kappa shape index (κ1) is 17.9. The van der Waals surface area contributed by atoms with Gasteiger partial charge >= 0.3 is 5.97 Å². The van der Waals surface area contributed by atoms with E-state index in [1.807, 2.05) is 34.7 Å². The number of esters is 1.